The van der Waals surface area contributed by atoms with Crippen molar-refractivity contribution in [3.8, 4) is 0 Å². The lowest BCUT2D eigenvalue weighted by atomic mass is 10.0. The predicted molar refractivity (Wildman–Crippen MR) is 68.7 cm³/mol. The van der Waals surface area contributed by atoms with Crippen molar-refractivity contribution in [3.63, 3.8) is 0 Å². The van der Waals surface area contributed by atoms with E-state index in [9.17, 15) is 4.79 Å². The van der Waals surface area contributed by atoms with Crippen LogP contribution in [0.4, 0.5) is 5.69 Å². The molecule has 0 aromatic heterocycles. The molecular formula is C13H12ClNO. The van der Waals surface area contributed by atoms with Crippen molar-refractivity contribution < 1.29 is 4.79 Å². The Labute approximate surface area is 99.7 Å². The summed E-state index contributed by atoms with van der Waals surface area (Å²) in [6.45, 7) is 7.10. The summed E-state index contributed by atoms with van der Waals surface area (Å²) in [5.41, 5.74) is 6.92. The lowest BCUT2D eigenvalue weighted by molar-refractivity contribution is 0.103. The summed E-state index contributed by atoms with van der Waals surface area (Å²) in [7, 11) is 0. The van der Waals surface area contributed by atoms with E-state index in [1.54, 1.807) is 24.3 Å². The standard InChI is InChI=1S/C13H12ClNO/c1-3-5-9(4-2)13(16)11-8-10(14)6-7-12(11)15/h3-8H,1-2,15H2/b9-5+. The van der Waals surface area contributed by atoms with Gasteiger partial charge in [0.2, 0.25) is 0 Å². The molecule has 0 aliphatic heterocycles. The molecule has 0 aliphatic rings. The van der Waals surface area contributed by atoms with Crippen LogP contribution in [0, 0.1) is 0 Å². The zero-order chi connectivity index (χ0) is 12.1. The fourth-order valence-corrected chi connectivity index (χ4v) is 1.42. The van der Waals surface area contributed by atoms with Crippen LogP contribution >= 0.6 is 11.6 Å². The normalized spacial score (nSPS) is 10.9. The number of anilines is 1. The molecule has 2 nitrogen and oxygen atoms in total. The molecule has 0 saturated heterocycles. The highest BCUT2D eigenvalue weighted by molar-refractivity contribution is 6.31. The molecule has 1 aromatic rings. The van der Waals surface area contributed by atoms with Crippen molar-refractivity contribution in [2.24, 2.45) is 0 Å². The Morgan fingerprint density at radius 1 is 1.38 bits per heavy atom. The maximum Gasteiger partial charge on any atom is 0.195 e. The number of benzene rings is 1. The second-order valence-corrected chi connectivity index (χ2v) is 3.56. The maximum atomic E-state index is 12.0. The minimum atomic E-state index is -0.213. The van der Waals surface area contributed by atoms with E-state index in [4.69, 9.17) is 17.3 Å². The van der Waals surface area contributed by atoms with E-state index in [1.165, 1.54) is 12.2 Å². The van der Waals surface area contributed by atoms with E-state index in [-0.39, 0.29) is 5.78 Å². The van der Waals surface area contributed by atoms with Crippen LogP contribution in [0.3, 0.4) is 0 Å². The minimum absolute atomic E-state index is 0.213. The van der Waals surface area contributed by atoms with E-state index in [1.807, 2.05) is 0 Å². The molecule has 0 spiro atoms. The van der Waals surface area contributed by atoms with Gasteiger partial charge < -0.3 is 5.73 Å². The number of allylic oxidation sites excluding steroid dienone is 4. The molecule has 1 rings (SSSR count). The van der Waals surface area contributed by atoms with Crippen molar-refractivity contribution in [2.45, 2.75) is 0 Å². The second-order valence-electron chi connectivity index (χ2n) is 3.12. The molecule has 0 bridgehead atoms. The predicted octanol–water partition coefficient (Wildman–Crippen LogP) is 3.40. The Bertz CT molecular complexity index is 475. The van der Waals surface area contributed by atoms with Gasteiger partial charge in [0.05, 0.1) is 0 Å². The lowest BCUT2D eigenvalue weighted by Gasteiger charge is -2.05. The third kappa shape index (κ3) is 2.61. The lowest BCUT2D eigenvalue weighted by Crippen LogP contribution is -2.05. The van der Waals surface area contributed by atoms with Gasteiger partial charge in [0.25, 0.3) is 0 Å². The molecule has 0 heterocycles. The molecule has 0 atom stereocenters. The topological polar surface area (TPSA) is 43.1 Å². The number of rotatable bonds is 4. The van der Waals surface area contributed by atoms with Gasteiger partial charge in [0.1, 0.15) is 0 Å². The van der Waals surface area contributed by atoms with Crippen LogP contribution < -0.4 is 5.73 Å². The Morgan fingerprint density at radius 3 is 2.62 bits per heavy atom. The first kappa shape index (κ1) is 12.3. The maximum absolute atomic E-state index is 12.0. The van der Waals surface area contributed by atoms with E-state index < -0.39 is 0 Å². The first-order valence-electron chi connectivity index (χ1n) is 4.65. The van der Waals surface area contributed by atoms with Gasteiger partial charge in [-0.2, -0.15) is 0 Å². The number of ketones is 1. The number of carbonyl (C=O) groups is 1. The first-order chi connectivity index (χ1) is 7.60. The van der Waals surface area contributed by atoms with Crippen LogP contribution in [0.1, 0.15) is 10.4 Å². The van der Waals surface area contributed by atoms with E-state index in [2.05, 4.69) is 13.2 Å². The molecule has 0 saturated carbocycles. The smallest absolute Gasteiger partial charge is 0.195 e. The number of Topliss-reactive ketones (excluding diaryl/α,β-unsaturated/α-hetero) is 1. The van der Waals surface area contributed by atoms with Crippen LogP contribution in [0.25, 0.3) is 0 Å². The van der Waals surface area contributed by atoms with E-state index in [0.29, 0.717) is 21.8 Å². The van der Waals surface area contributed by atoms with Gasteiger partial charge in [-0.3, -0.25) is 4.79 Å². The third-order valence-corrected chi connectivity index (χ3v) is 2.27. The van der Waals surface area contributed by atoms with E-state index in [0.717, 1.165) is 0 Å². The Hall–Kier alpha value is -1.80. The summed E-state index contributed by atoms with van der Waals surface area (Å²) in [6.07, 6.45) is 4.57. The molecule has 0 aliphatic carbocycles. The molecule has 2 N–H and O–H groups in total. The molecule has 1 aromatic carbocycles. The van der Waals surface area contributed by atoms with E-state index >= 15 is 0 Å². The largest absolute Gasteiger partial charge is 0.398 e. The van der Waals surface area contributed by atoms with Crippen molar-refractivity contribution >= 4 is 23.1 Å². The van der Waals surface area contributed by atoms with Gasteiger partial charge in [-0.1, -0.05) is 43.0 Å². The van der Waals surface area contributed by atoms with Crippen molar-refractivity contribution in [1.29, 1.82) is 0 Å². The van der Waals surface area contributed by atoms with Crippen LogP contribution in [-0.2, 0) is 0 Å². The average molecular weight is 234 g/mol. The number of carbonyl (C=O) groups excluding carboxylic acids is 1. The van der Waals surface area contributed by atoms with Gasteiger partial charge >= 0.3 is 0 Å². The minimum Gasteiger partial charge on any atom is -0.398 e. The number of nitrogens with two attached hydrogens (primary N) is 1. The monoisotopic (exact) mass is 233 g/mol. The van der Waals surface area contributed by atoms with Gasteiger partial charge in [-0.05, 0) is 18.2 Å². The molecule has 0 amide bonds. The summed E-state index contributed by atoms with van der Waals surface area (Å²) in [5.74, 6) is -0.213. The molecule has 3 heteroatoms. The van der Waals surface area contributed by atoms with Crippen molar-refractivity contribution in [3.05, 3.63) is 65.7 Å². The fraction of sp³-hybridized carbons (Fsp3) is 0. The zero-order valence-corrected chi connectivity index (χ0v) is 9.50. The summed E-state index contributed by atoms with van der Waals surface area (Å²) in [6, 6.07) is 4.78. The van der Waals surface area contributed by atoms with Gasteiger partial charge in [-0.25, -0.2) is 0 Å². The first-order valence-corrected chi connectivity index (χ1v) is 5.02. The Kier molecular flexibility index (Phi) is 4.09. The quantitative estimate of drug-likeness (QED) is 0.375. The van der Waals surface area contributed by atoms with Crippen LogP contribution in [0.2, 0.25) is 5.02 Å². The molecule has 0 unspecified atom stereocenters. The zero-order valence-electron chi connectivity index (χ0n) is 8.74. The van der Waals surface area contributed by atoms with Crippen molar-refractivity contribution in [1.82, 2.24) is 0 Å². The summed E-state index contributed by atoms with van der Waals surface area (Å²) in [5, 5.41) is 0.472. The highest BCUT2D eigenvalue weighted by Crippen LogP contribution is 2.21. The molecule has 16 heavy (non-hydrogen) atoms. The number of hydrogen-bond acceptors (Lipinski definition) is 2. The highest BCUT2D eigenvalue weighted by atomic mass is 35.5. The second kappa shape index (κ2) is 5.33. The summed E-state index contributed by atoms with van der Waals surface area (Å²) >= 11 is 5.81. The summed E-state index contributed by atoms with van der Waals surface area (Å²) < 4.78 is 0. The fourth-order valence-electron chi connectivity index (χ4n) is 1.24. The van der Waals surface area contributed by atoms with Crippen LogP contribution in [-0.4, -0.2) is 5.78 Å². The molecule has 82 valence electrons. The van der Waals surface area contributed by atoms with Crippen LogP contribution in [0.15, 0.2) is 55.2 Å². The Balaban J connectivity index is 3.23. The SMILES string of the molecule is C=C/C=C(\C=C)C(=O)c1cc(Cl)ccc1N. The molecular weight excluding hydrogens is 222 g/mol. The number of halogens is 1. The van der Waals surface area contributed by atoms with Crippen LogP contribution in [0.5, 0.6) is 0 Å². The molecule has 0 fully saturated rings. The van der Waals surface area contributed by atoms with Gasteiger partial charge in [0.15, 0.2) is 5.78 Å². The number of nitrogen functional groups attached to an aromatic ring is 1. The average Bonchev–Trinajstić information content (AvgIpc) is 2.28. The van der Waals surface area contributed by atoms with Gasteiger partial charge in [0, 0.05) is 21.8 Å². The number of hydrogen-bond donors (Lipinski definition) is 1. The van der Waals surface area contributed by atoms with Gasteiger partial charge in [-0.15, -0.1) is 0 Å². The Morgan fingerprint density at radius 2 is 2.06 bits per heavy atom. The summed E-state index contributed by atoms with van der Waals surface area (Å²) in [4.78, 5) is 12.0. The van der Waals surface area contributed by atoms with Crippen molar-refractivity contribution in [2.75, 3.05) is 5.73 Å². The molecule has 0 radical (unpaired) electrons. The third-order valence-electron chi connectivity index (χ3n) is 2.04. The highest BCUT2D eigenvalue weighted by Gasteiger charge is 2.12.